The molecule has 3 heterocycles. The summed E-state index contributed by atoms with van der Waals surface area (Å²) < 4.78 is 6.74. The third kappa shape index (κ3) is 4.87. The first-order valence-electron chi connectivity index (χ1n) is 13.8. The molecule has 3 fully saturated rings. The number of nitrogens with zero attached hydrogens (tertiary/aromatic N) is 3. The number of aliphatic hydroxyl groups excluding tert-OH is 1. The van der Waals surface area contributed by atoms with E-state index < -0.39 is 35.1 Å². The normalized spacial score (nSPS) is 31.8. The number of amides is 3. The van der Waals surface area contributed by atoms with Crippen molar-refractivity contribution in [2.45, 2.75) is 96.1 Å². The summed E-state index contributed by atoms with van der Waals surface area (Å²) in [7, 11) is 1.71. The minimum Gasteiger partial charge on any atom is -0.394 e. The van der Waals surface area contributed by atoms with Crippen molar-refractivity contribution in [3.63, 3.8) is 0 Å². The number of hydrogen-bond acceptors (Lipinski definition) is 5. The minimum atomic E-state index is -1.10. The van der Waals surface area contributed by atoms with Gasteiger partial charge in [0.1, 0.15) is 11.6 Å². The van der Waals surface area contributed by atoms with Crippen LogP contribution in [0.5, 0.6) is 0 Å². The molecule has 3 aliphatic rings. The molecule has 0 aromatic carbocycles. The van der Waals surface area contributed by atoms with E-state index >= 15 is 0 Å². The molecule has 0 saturated carbocycles. The Kier molecular flexibility index (Phi) is 8.95. The highest BCUT2D eigenvalue weighted by molar-refractivity contribution is 5.99. The Balaban J connectivity index is 2.15. The molecule has 7 atom stereocenters. The van der Waals surface area contributed by atoms with Crippen molar-refractivity contribution in [2.24, 2.45) is 17.8 Å². The van der Waals surface area contributed by atoms with E-state index in [4.69, 9.17) is 4.74 Å². The number of hydrogen-bond donors (Lipinski definition) is 1. The van der Waals surface area contributed by atoms with Crippen molar-refractivity contribution in [2.75, 3.05) is 26.7 Å². The van der Waals surface area contributed by atoms with E-state index in [9.17, 15) is 19.5 Å². The Hall–Kier alpha value is -2.19. The highest BCUT2D eigenvalue weighted by Gasteiger charge is 2.78. The number of aliphatic hydroxyl groups is 1. The van der Waals surface area contributed by atoms with Crippen LogP contribution >= 0.6 is 0 Å². The third-order valence-corrected chi connectivity index (χ3v) is 8.69. The van der Waals surface area contributed by atoms with E-state index in [1.54, 1.807) is 33.9 Å². The molecule has 1 N–H and O–H groups in total. The van der Waals surface area contributed by atoms with Crippen molar-refractivity contribution < 1.29 is 24.2 Å². The molecule has 2 bridgehead atoms. The zero-order valence-corrected chi connectivity index (χ0v) is 23.6. The number of ether oxygens (including phenoxy) is 1. The van der Waals surface area contributed by atoms with Crippen LogP contribution in [-0.4, -0.2) is 93.6 Å². The van der Waals surface area contributed by atoms with E-state index in [-0.39, 0.29) is 36.3 Å². The molecule has 3 aliphatic heterocycles. The zero-order chi connectivity index (χ0) is 27.7. The number of likely N-dealkylation sites (tertiary alicyclic amines) is 1. The SMILES string of the molecule is C=CCN(C)C(=O)[C@@H]1[C@H]2C(=O)N([C@@H](CO)CC(C)C)C(C(=O)N(CC=C)C(C)CCC)C23CC[C@@]1(C)O3. The van der Waals surface area contributed by atoms with Crippen LogP contribution in [0.1, 0.15) is 66.7 Å². The summed E-state index contributed by atoms with van der Waals surface area (Å²) in [6, 6.07) is -1.49. The Labute approximate surface area is 222 Å². The van der Waals surface area contributed by atoms with Crippen LogP contribution in [0, 0.1) is 17.8 Å². The summed E-state index contributed by atoms with van der Waals surface area (Å²) in [6.45, 7) is 18.1. The maximum atomic E-state index is 14.5. The van der Waals surface area contributed by atoms with Gasteiger partial charge in [0, 0.05) is 26.2 Å². The second-order valence-corrected chi connectivity index (χ2v) is 11.9. The van der Waals surface area contributed by atoms with Gasteiger partial charge in [-0.3, -0.25) is 14.4 Å². The number of rotatable bonds is 13. The molecule has 0 aromatic rings. The van der Waals surface area contributed by atoms with Crippen LogP contribution in [0.25, 0.3) is 0 Å². The highest BCUT2D eigenvalue weighted by atomic mass is 16.5. The summed E-state index contributed by atoms with van der Waals surface area (Å²) in [5.41, 5.74) is -1.93. The van der Waals surface area contributed by atoms with Gasteiger partial charge < -0.3 is 24.5 Å². The van der Waals surface area contributed by atoms with Crippen LogP contribution in [-0.2, 0) is 19.1 Å². The van der Waals surface area contributed by atoms with Crippen molar-refractivity contribution in [1.29, 1.82) is 0 Å². The summed E-state index contributed by atoms with van der Waals surface area (Å²) in [4.78, 5) is 47.5. The smallest absolute Gasteiger partial charge is 0.248 e. The first-order chi connectivity index (χ1) is 17.4. The number of fused-ring (bicyclic) bond motifs is 1. The van der Waals surface area contributed by atoms with Gasteiger partial charge >= 0.3 is 0 Å². The topological polar surface area (TPSA) is 90.4 Å². The summed E-state index contributed by atoms with van der Waals surface area (Å²) in [5.74, 6) is -1.87. The lowest BCUT2D eigenvalue weighted by molar-refractivity contribution is -0.157. The molecule has 1 spiro atoms. The van der Waals surface area contributed by atoms with Gasteiger partial charge in [-0.25, -0.2) is 0 Å². The Morgan fingerprint density at radius 3 is 2.38 bits per heavy atom. The zero-order valence-electron chi connectivity index (χ0n) is 23.6. The minimum absolute atomic E-state index is 0.0501. The molecule has 8 nitrogen and oxygen atoms in total. The lowest BCUT2D eigenvalue weighted by Gasteiger charge is -2.41. The average molecular weight is 518 g/mol. The van der Waals surface area contributed by atoms with Crippen LogP contribution < -0.4 is 0 Å². The van der Waals surface area contributed by atoms with Gasteiger partial charge in [0.25, 0.3) is 0 Å². The van der Waals surface area contributed by atoms with Gasteiger partial charge in [0.15, 0.2) is 0 Å². The Morgan fingerprint density at radius 2 is 1.84 bits per heavy atom. The molecule has 8 heteroatoms. The third-order valence-electron chi connectivity index (χ3n) is 8.69. The van der Waals surface area contributed by atoms with Gasteiger partial charge in [0.2, 0.25) is 17.7 Å². The number of carbonyl (C=O) groups is 3. The second-order valence-electron chi connectivity index (χ2n) is 11.9. The number of likely N-dealkylation sites (N-methyl/N-ethyl adjacent to an activating group) is 1. The predicted molar refractivity (Wildman–Crippen MR) is 144 cm³/mol. The predicted octanol–water partition coefficient (Wildman–Crippen LogP) is 3.01. The maximum absolute atomic E-state index is 14.5. The van der Waals surface area contributed by atoms with Gasteiger partial charge in [-0.1, -0.05) is 39.3 Å². The lowest BCUT2D eigenvalue weighted by Crippen LogP contribution is -2.60. The summed E-state index contributed by atoms with van der Waals surface area (Å²) in [5, 5.41) is 10.4. The van der Waals surface area contributed by atoms with Crippen molar-refractivity contribution in [3.8, 4) is 0 Å². The molecule has 208 valence electrons. The van der Waals surface area contributed by atoms with E-state index in [1.807, 2.05) is 27.7 Å². The van der Waals surface area contributed by atoms with Crippen LogP contribution in [0.2, 0.25) is 0 Å². The van der Waals surface area contributed by atoms with E-state index in [0.717, 1.165) is 12.8 Å². The second kappa shape index (κ2) is 11.3. The molecule has 37 heavy (non-hydrogen) atoms. The highest BCUT2D eigenvalue weighted by Crippen LogP contribution is 2.64. The van der Waals surface area contributed by atoms with Crippen molar-refractivity contribution >= 4 is 17.7 Å². The van der Waals surface area contributed by atoms with Crippen LogP contribution in [0.4, 0.5) is 0 Å². The fourth-order valence-electron chi connectivity index (χ4n) is 7.11. The molecular weight excluding hydrogens is 470 g/mol. The van der Waals surface area contributed by atoms with Crippen molar-refractivity contribution in [1.82, 2.24) is 14.7 Å². The largest absolute Gasteiger partial charge is 0.394 e. The molecular formula is C29H47N3O5. The monoisotopic (exact) mass is 517 g/mol. The molecule has 3 rings (SSSR count). The standard InChI is InChI=1S/C29H47N3O5/c1-9-12-20(6)31(16-11-3)27(36)24-29-14-13-28(7,37-29)22(25(34)30(8)15-10-2)23(29)26(35)32(24)21(18-33)17-19(4)5/h10-11,19-24,33H,2-3,9,12-18H2,1,4-8H3/t20?,21-,22+,23+,24?,28-,29?/m1/s1. The van der Waals surface area contributed by atoms with E-state index in [2.05, 4.69) is 20.1 Å². The van der Waals surface area contributed by atoms with Crippen LogP contribution in [0.3, 0.4) is 0 Å². The maximum Gasteiger partial charge on any atom is 0.248 e. The van der Waals surface area contributed by atoms with Crippen molar-refractivity contribution in [3.05, 3.63) is 25.3 Å². The summed E-state index contributed by atoms with van der Waals surface area (Å²) >= 11 is 0. The van der Waals surface area contributed by atoms with Gasteiger partial charge in [-0.05, 0) is 45.4 Å². The molecule has 3 amide bonds. The fraction of sp³-hybridized carbons (Fsp3) is 0.759. The molecule has 3 unspecified atom stereocenters. The van der Waals surface area contributed by atoms with Gasteiger partial charge in [-0.15, -0.1) is 13.2 Å². The average Bonchev–Trinajstić information content (AvgIpc) is 3.41. The Morgan fingerprint density at radius 1 is 1.19 bits per heavy atom. The molecule has 0 radical (unpaired) electrons. The fourth-order valence-corrected chi connectivity index (χ4v) is 7.11. The molecule has 3 saturated heterocycles. The lowest BCUT2D eigenvalue weighted by atomic mass is 9.66. The Bertz CT molecular complexity index is 906. The molecule has 0 aromatic heterocycles. The van der Waals surface area contributed by atoms with E-state index in [1.165, 1.54) is 0 Å². The summed E-state index contributed by atoms with van der Waals surface area (Å²) in [6.07, 6.45) is 6.76. The van der Waals surface area contributed by atoms with E-state index in [0.29, 0.717) is 32.4 Å². The number of carbonyl (C=O) groups excluding carboxylic acids is 3. The van der Waals surface area contributed by atoms with Crippen LogP contribution in [0.15, 0.2) is 25.3 Å². The van der Waals surface area contributed by atoms with Gasteiger partial charge in [0.05, 0.1) is 30.1 Å². The first kappa shape index (κ1) is 29.4. The van der Waals surface area contributed by atoms with Gasteiger partial charge in [-0.2, -0.15) is 0 Å². The quantitative estimate of drug-likeness (QED) is 0.379. The molecule has 0 aliphatic carbocycles. The first-order valence-corrected chi connectivity index (χ1v) is 13.8.